The van der Waals surface area contributed by atoms with E-state index in [-0.39, 0.29) is 5.75 Å². The summed E-state index contributed by atoms with van der Waals surface area (Å²) >= 11 is 5.75. The molecule has 0 radical (unpaired) electrons. The quantitative estimate of drug-likeness (QED) is 0.878. The van der Waals surface area contributed by atoms with Gasteiger partial charge in [0.25, 0.3) is 5.91 Å². The van der Waals surface area contributed by atoms with Crippen molar-refractivity contribution < 1.29 is 27.8 Å². The van der Waals surface area contributed by atoms with Crippen molar-refractivity contribution in [2.75, 3.05) is 13.2 Å². The fourth-order valence-corrected chi connectivity index (χ4v) is 1.55. The molecule has 0 aliphatic rings. The number of hydrogen-bond acceptors (Lipinski definition) is 3. The second kappa shape index (κ2) is 6.81. The number of carbonyl (C=O) groups is 1. The molecule has 0 aliphatic carbocycles. The maximum absolute atomic E-state index is 11.9. The van der Waals surface area contributed by atoms with Crippen molar-refractivity contribution in [1.29, 1.82) is 0 Å². The summed E-state index contributed by atoms with van der Waals surface area (Å²) in [7, 11) is 0. The summed E-state index contributed by atoms with van der Waals surface area (Å²) in [5, 5.41) is 11.6. The number of carbonyl (C=O) groups excluding carboxylic acids is 1. The number of aliphatic hydroxyl groups is 1. The molecule has 0 saturated heterocycles. The van der Waals surface area contributed by atoms with Crippen LogP contribution in [0.1, 0.15) is 18.6 Å². The summed E-state index contributed by atoms with van der Waals surface area (Å²) < 4.78 is 40.8. The molecule has 4 nitrogen and oxygen atoms in total. The molecule has 1 amide bonds. The lowest BCUT2D eigenvalue weighted by atomic mass is 10.1. The molecular formula is C12H13ClF3NO3. The minimum atomic E-state index is -4.47. The molecule has 0 aliphatic heterocycles. The summed E-state index contributed by atoms with van der Waals surface area (Å²) in [5.74, 6) is -0.722. The molecule has 0 bridgehead atoms. The SMILES string of the molecule is C[C@@H](O)c1cc(Cl)ccc1OCC(=O)NCC(F)(F)F. The summed E-state index contributed by atoms with van der Waals surface area (Å²) in [6.45, 7) is -0.529. The summed E-state index contributed by atoms with van der Waals surface area (Å²) in [6, 6.07) is 4.37. The van der Waals surface area contributed by atoms with Crippen molar-refractivity contribution in [3.05, 3.63) is 28.8 Å². The first-order valence-corrected chi connectivity index (χ1v) is 6.00. The Morgan fingerprint density at radius 1 is 1.50 bits per heavy atom. The molecule has 0 aromatic heterocycles. The minimum Gasteiger partial charge on any atom is -0.483 e. The summed E-state index contributed by atoms with van der Waals surface area (Å²) in [4.78, 5) is 11.2. The molecule has 0 saturated carbocycles. The lowest BCUT2D eigenvalue weighted by molar-refractivity contribution is -0.139. The van der Waals surface area contributed by atoms with Crippen molar-refractivity contribution in [3.63, 3.8) is 0 Å². The number of benzene rings is 1. The van der Waals surface area contributed by atoms with Crippen molar-refractivity contribution >= 4 is 17.5 Å². The molecular weight excluding hydrogens is 299 g/mol. The Hall–Kier alpha value is -1.47. The predicted octanol–water partition coefficient (Wildman–Crippen LogP) is 2.45. The molecule has 0 unspecified atom stereocenters. The smallest absolute Gasteiger partial charge is 0.405 e. The monoisotopic (exact) mass is 311 g/mol. The van der Waals surface area contributed by atoms with Gasteiger partial charge in [-0.05, 0) is 25.1 Å². The third-order valence-electron chi connectivity index (χ3n) is 2.27. The van der Waals surface area contributed by atoms with Crippen LogP contribution in [0.2, 0.25) is 5.02 Å². The third kappa shape index (κ3) is 5.66. The number of ether oxygens (including phenoxy) is 1. The molecule has 0 heterocycles. The van der Waals surface area contributed by atoms with E-state index in [9.17, 15) is 23.1 Å². The van der Waals surface area contributed by atoms with Crippen LogP contribution in [-0.4, -0.2) is 30.3 Å². The number of aliphatic hydroxyl groups excluding tert-OH is 1. The van der Waals surface area contributed by atoms with Gasteiger partial charge in [-0.2, -0.15) is 13.2 Å². The van der Waals surface area contributed by atoms with Crippen LogP contribution in [-0.2, 0) is 4.79 Å². The fraction of sp³-hybridized carbons (Fsp3) is 0.417. The van der Waals surface area contributed by atoms with Gasteiger partial charge < -0.3 is 15.2 Å². The number of halogens is 4. The fourth-order valence-electron chi connectivity index (χ4n) is 1.37. The topological polar surface area (TPSA) is 58.6 Å². The Labute approximate surface area is 118 Å². The Morgan fingerprint density at radius 2 is 2.15 bits per heavy atom. The van der Waals surface area contributed by atoms with Crippen molar-refractivity contribution in [1.82, 2.24) is 5.32 Å². The Morgan fingerprint density at radius 3 is 2.70 bits per heavy atom. The lowest BCUT2D eigenvalue weighted by Gasteiger charge is -2.14. The largest absolute Gasteiger partial charge is 0.483 e. The maximum atomic E-state index is 11.9. The van der Waals surface area contributed by atoms with E-state index in [1.807, 2.05) is 0 Å². The van der Waals surface area contributed by atoms with E-state index in [2.05, 4.69) is 0 Å². The van der Waals surface area contributed by atoms with Gasteiger partial charge in [0, 0.05) is 10.6 Å². The molecule has 1 rings (SSSR count). The molecule has 1 aromatic rings. The zero-order chi connectivity index (χ0) is 15.3. The van der Waals surface area contributed by atoms with Crippen molar-refractivity contribution in [2.45, 2.75) is 19.2 Å². The zero-order valence-electron chi connectivity index (χ0n) is 10.5. The Balaban J connectivity index is 2.59. The van der Waals surface area contributed by atoms with Crippen LogP contribution in [0.15, 0.2) is 18.2 Å². The molecule has 20 heavy (non-hydrogen) atoms. The van der Waals surface area contributed by atoms with Gasteiger partial charge in [0.15, 0.2) is 6.61 Å². The third-order valence-corrected chi connectivity index (χ3v) is 2.50. The summed E-state index contributed by atoms with van der Waals surface area (Å²) in [5.41, 5.74) is 0.348. The van der Waals surface area contributed by atoms with Crippen LogP contribution in [0.5, 0.6) is 5.75 Å². The average Bonchev–Trinajstić information content (AvgIpc) is 2.33. The first kappa shape index (κ1) is 16.6. The van der Waals surface area contributed by atoms with Crippen LogP contribution in [0, 0.1) is 0 Å². The van der Waals surface area contributed by atoms with Gasteiger partial charge in [0.05, 0.1) is 6.10 Å². The van der Waals surface area contributed by atoms with Crippen LogP contribution in [0.3, 0.4) is 0 Å². The number of nitrogens with one attached hydrogen (secondary N) is 1. The van der Waals surface area contributed by atoms with Gasteiger partial charge in [-0.1, -0.05) is 11.6 Å². The second-order valence-corrected chi connectivity index (χ2v) is 4.48. The zero-order valence-corrected chi connectivity index (χ0v) is 11.3. The van der Waals surface area contributed by atoms with Crippen LogP contribution < -0.4 is 10.1 Å². The highest BCUT2D eigenvalue weighted by molar-refractivity contribution is 6.30. The maximum Gasteiger partial charge on any atom is 0.405 e. The van der Waals surface area contributed by atoms with Gasteiger partial charge >= 0.3 is 6.18 Å². The normalized spacial score (nSPS) is 12.9. The molecule has 0 spiro atoms. The molecule has 1 atom stereocenters. The van der Waals surface area contributed by atoms with E-state index in [0.717, 1.165) is 0 Å². The van der Waals surface area contributed by atoms with Gasteiger partial charge in [-0.25, -0.2) is 0 Å². The van der Waals surface area contributed by atoms with Crippen LogP contribution in [0.25, 0.3) is 0 Å². The van der Waals surface area contributed by atoms with E-state index in [4.69, 9.17) is 16.3 Å². The molecule has 0 fully saturated rings. The highest BCUT2D eigenvalue weighted by Gasteiger charge is 2.27. The first-order valence-electron chi connectivity index (χ1n) is 5.63. The van der Waals surface area contributed by atoms with Gasteiger partial charge in [0.2, 0.25) is 0 Å². The van der Waals surface area contributed by atoms with E-state index in [1.54, 1.807) is 5.32 Å². The van der Waals surface area contributed by atoms with Gasteiger partial charge in [0.1, 0.15) is 12.3 Å². The Bertz CT molecular complexity index is 478. The highest BCUT2D eigenvalue weighted by Crippen LogP contribution is 2.28. The highest BCUT2D eigenvalue weighted by atomic mass is 35.5. The summed E-state index contributed by atoms with van der Waals surface area (Å²) in [6.07, 6.45) is -5.36. The second-order valence-electron chi connectivity index (χ2n) is 4.04. The van der Waals surface area contributed by atoms with E-state index in [0.29, 0.717) is 10.6 Å². The van der Waals surface area contributed by atoms with E-state index < -0.39 is 31.3 Å². The minimum absolute atomic E-state index is 0.187. The van der Waals surface area contributed by atoms with E-state index in [1.165, 1.54) is 25.1 Å². The molecule has 112 valence electrons. The van der Waals surface area contributed by atoms with Gasteiger partial charge in [-0.3, -0.25) is 4.79 Å². The standard InChI is InChI=1S/C12H13ClF3NO3/c1-7(18)9-4-8(13)2-3-10(9)20-5-11(19)17-6-12(14,15)16/h2-4,7,18H,5-6H2,1H3,(H,17,19)/t7-/m1/s1. The number of alkyl halides is 3. The number of amides is 1. The predicted molar refractivity (Wildman–Crippen MR) is 66.6 cm³/mol. The average molecular weight is 312 g/mol. The first-order chi connectivity index (χ1) is 9.19. The lowest BCUT2D eigenvalue weighted by Crippen LogP contribution is -2.36. The molecule has 1 aromatic carbocycles. The van der Waals surface area contributed by atoms with Crippen molar-refractivity contribution in [2.24, 2.45) is 0 Å². The number of rotatable bonds is 5. The van der Waals surface area contributed by atoms with Crippen LogP contribution >= 0.6 is 11.6 Å². The van der Waals surface area contributed by atoms with E-state index >= 15 is 0 Å². The Kier molecular flexibility index (Phi) is 5.64. The van der Waals surface area contributed by atoms with Gasteiger partial charge in [-0.15, -0.1) is 0 Å². The van der Waals surface area contributed by atoms with Crippen LogP contribution in [0.4, 0.5) is 13.2 Å². The molecule has 2 N–H and O–H groups in total. The van der Waals surface area contributed by atoms with Crippen molar-refractivity contribution in [3.8, 4) is 5.75 Å². The number of hydrogen-bond donors (Lipinski definition) is 2. The molecule has 8 heteroatoms.